The highest BCUT2D eigenvalue weighted by molar-refractivity contribution is 5.73. The van der Waals surface area contributed by atoms with E-state index in [2.05, 4.69) is 25.4 Å². The maximum absolute atomic E-state index is 13.0. The van der Waals surface area contributed by atoms with Gasteiger partial charge in [-0.25, -0.2) is 14.2 Å². The molecular formula is C20H26FN5O2. The van der Waals surface area contributed by atoms with Gasteiger partial charge in [0.1, 0.15) is 5.82 Å². The van der Waals surface area contributed by atoms with E-state index in [1.807, 2.05) is 18.2 Å². The van der Waals surface area contributed by atoms with Crippen LogP contribution in [0.2, 0.25) is 0 Å². The van der Waals surface area contributed by atoms with Crippen LogP contribution in [0.5, 0.6) is 5.88 Å². The van der Waals surface area contributed by atoms with Crippen molar-refractivity contribution >= 4 is 11.7 Å². The Kier molecular flexibility index (Phi) is 7.02. The van der Waals surface area contributed by atoms with E-state index < -0.39 is 0 Å². The Labute approximate surface area is 164 Å². The molecule has 0 saturated carbocycles. The lowest BCUT2D eigenvalue weighted by Gasteiger charge is -2.36. The number of ether oxygens (including phenoxy) is 1. The van der Waals surface area contributed by atoms with Gasteiger partial charge in [0, 0.05) is 63.8 Å². The third-order valence-electron chi connectivity index (χ3n) is 4.74. The monoisotopic (exact) mass is 387 g/mol. The van der Waals surface area contributed by atoms with Crippen LogP contribution in [0.3, 0.4) is 0 Å². The summed E-state index contributed by atoms with van der Waals surface area (Å²) in [5.41, 5.74) is 1.98. The van der Waals surface area contributed by atoms with Gasteiger partial charge >= 0.3 is 6.03 Å². The minimum absolute atomic E-state index is 0.194. The quantitative estimate of drug-likeness (QED) is 0.759. The molecule has 1 fully saturated rings. The molecule has 2 amide bonds. The second kappa shape index (κ2) is 9.89. The van der Waals surface area contributed by atoms with E-state index >= 15 is 0 Å². The van der Waals surface area contributed by atoms with Crippen LogP contribution in [-0.2, 0) is 6.54 Å². The number of urea groups is 1. The van der Waals surface area contributed by atoms with Crippen molar-refractivity contribution in [1.29, 1.82) is 0 Å². The molecule has 8 heteroatoms. The standard InChI is InChI=1S/C20H26FN5O2/c1-28-19-14-16(6-7-22-19)15-24-20(27)23-8-9-25-10-12-26(13-11-25)18-4-2-17(21)3-5-18/h2-7,14H,8-13,15H2,1H3,(H2,23,24,27). The Morgan fingerprint density at radius 1 is 1.14 bits per heavy atom. The average Bonchev–Trinajstić information content (AvgIpc) is 2.73. The van der Waals surface area contributed by atoms with Crippen molar-refractivity contribution in [3.63, 3.8) is 0 Å². The second-order valence-electron chi connectivity index (χ2n) is 6.62. The Balaban J connectivity index is 1.32. The largest absolute Gasteiger partial charge is 0.481 e. The van der Waals surface area contributed by atoms with Crippen LogP contribution in [-0.4, -0.2) is 62.3 Å². The van der Waals surface area contributed by atoms with Gasteiger partial charge in [-0.15, -0.1) is 0 Å². The fourth-order valence-electron chi connectivity index (χ4n) is 3.13. The van der Waals surface area contributed by atoms with Gasteiger partial charge in [-0.1, -0.05) is 0 Å². The van der Waals surface area contributed by atoms with E-state index in [1.165, 1.54) is 12.1 Å². The summed E-state index contributed by atoms with van der Waals surface area (Å²) in [5, 5.41) is 5.71. The van der Waals surface area contributed by atoms with Crippen molar-refractivity contribution in [2.24, 2.45) is 0 Å². The van der Waals surface area contributed by atoms with E-state index in [-0.39, 0.29) is 11.8 Å². The molecule has 1 aromatic heterocycles. The van der Waals surface area contributed by atoms with Crippen LogP contribution in [0.25, 0.3) is 0 Å². The number of halogens is 1. The van der Waals surface area contributed by atoms with Gasteiger partial charge in [0.15, 0.2) is 0 Å². The molecule has 3 rings (SSSR count). The summed E-state index contributed by atoms with van der Waals surface area (Å²) in [5.74, 6) is 0.314. The number of carbonyl (C=O) groups is 1. The lowest BCUT2D eigenvalue weighted by atomic mass is 10.2. The lowest BCUT2D eigenvalue weighted by Crippen LogP contribution is -2.49. The Morgan fingerprint density at radius 3 is 2.61 bits per heavy atom. The van der Waals surface area contributed by atoms with Gasteiger partial charge in [-0.05, 0) is 35.9 Å². The fraction of sp³-hybridized carbons (Fsp3) is 0.400. The van der Waals surface area contributed by atoms with E-state index in [0.717, 1.165) is 44.0 Å². The number of hydrogen-bond acceptors (Lipinski definition) is 5. The van der Waals surface area contributed by atoms with Gasteiger partial charge in [0.2, 0.25) is 5.88 Å². The van der Waals surface area contributed by atoms with Crippen LogP contribution >= 0.6 is 0 Å². The highest BCUT2D eigenvalue weighted by atomic mass is 19.1. The van der Waals surface area contributed by atoms with Gasteiger partial charge in [-0.3, -0.25) is 4.90 Å². The topological polar surface area (TPSA) is 69.7 Å². The Hall–Kier alpha value is -2.87. The number of rotatable bonds is 7. The number of pyridine rings is 1. The zero-order valence-electron chi connectivity index (χ0n) is 16.0. The maximum atomic E-state index is 13.0. The number of methoxy groups -OCH3 is 1. The number of aromatic nitrogens is 1. The molecule has 2 N–H and O–H groups in total. The summed E-state index contributed by atoms with van der Waals surface area (Å²) < 4.78 is 18.1. The molecular weight excluding hydrogens is 361 g/mol. The minimum atomic E-state index is -0.213. The van der Waals surface area contributed by atoms with E-state index in [1.54, 1.807) is 19.4 Å². The number of hydrogen-bond donors (Lipinski definition) is 2. The highest BCUT2D eigenvalue weighted by Crippen LogP contribution is 2.16. The molecule has 1 aliphatic heterocycles. The molecule has 0 radical (unpaired) electrons. The van der Waals surface area contributed by atoms with Crippen LogP contribution < -0.4 is 20.3 Å². The van der Waals surface area contributed by atoms with Crippen LogP contribution in [0, 0.1) is 5.82 Å². The van der Waals surface area contributed by atoms with Crippen molar-refractivity contribution in [1.82, 2.24) is 20.5 Å². The van der Waals surface area contributed by atoms with Crippen LogP contribution in [0.1, 0.15) is 5.56 Å². The minimum Gasteiger partial charge on any atom is -0.481 e. The maximum Gasteiger partial charge on any atom is 0.315 e. The van der Waals surface area contributed by atoms with E-state index in [4.69, 9.17) is 4.74 Å². The van der Waals surface area contributed by atoms with Gasteiger partial charge < -0.3 is 20.3 Å². The average molecular weight is 387 g/mol. The third kappa shape index (κ3) is 5.82. The van der Waals surface area contributed by atoms with E-state index in [9.17, 15) is 9.18 Å². The van der Waals surface area contributed by atoms with Crippen molar-refractivity contribution in [2.45, 2.75) is 6.54 Å². The molecule has 1 saturated heterocycles. The second-order valence-corrected chi connectivity index (χ2v) is 6.62. The molecule has 0 spiro atoms. The summed E-state index contributed by atoms with van der Waals surface area (Å²) in [6.07, 6.45) is 1.65. The van der Waals surface area contributed by atoms with Gasteiger partial charge in [0.05, 0.1) is 7.11 Å². The SMILES string of the molecule is COc1cc(CNC(=O)NCCN2CCN(c3ccc(F)cc3)CC2)ccn1. The number of nitrogens with zero attached hydrogens (tertiary/aromatic N) is 3. The molecule has 1 aromatic carbocycles. The molecule has 150 valence electrons. The molecule has 0 unspecified atom stereocenters. The first-order valence-electron chi connectivity index (χ1n) is 9.37. The first-order valence-corrected chi connectivity index (χ1v) is 9.37. The smallest absolute Gasteiger partial charge is 0.315 e. The molecule has 0 aliphatic carbocycles. The lowest BCUT2D eigenvalue weighted by molar-refractivity contribution is 0.231. The number of benzene rings is 1. The molecule has 7 nitrogen and oxygen atoms in total. The van der Waals surface area contributed by atoms with Gasteiger partial charge in [-0.2, -0.15) is 0 Å². The number of nitrogens with one attached hydrogen (secondary N) is 2. The van der Waals surface area contributed by atoms with E-state index in [0.29, 0.717) is 19.0 Å². The normalized spacial score (nSPS) is 14.6. The van der Waals surface area contributed by atoms with Crippen LogP contribution in [0.4, 0.5) is 14.9 Å². The van der Waals surface area contributed by atoms with Crippen LogP contribution in [0.15, 0.2) is 42.6 Å². The molecule has 0 bridgehead atoms. The molecule has 28 heavy (non-hydrogen) atoms. The summed E-state index contributed by atoms with van der Waals surface area (Å²) in [4.78, 5) is 20.6. The predicted molar refractivity (Wildman–Crippen MR) is 106 cm³/mol. The summed E-state index contributed by atoms with van der Waals surface area (Å²) in [7, 11) is 1.56. The van der Waals surface area contributed by atoms with Crippen molar-refractivity contribution < 1.29 is 13.9 Å². The number of anilines is 1. The Bertz CT molecular complexity index is 763. The zero-order chi connectivity index (χ0) is 19.8. The number of carbonyl (C=O) groups excluding carboxylic acids is 1. The first-order chi connectivity index (χ1) is 13.6. The predicted octanol–water partition coefficient (Wildman–Crippen LogP) is 1.85. The summed E-state index contributed by atoms with van der Waals surface area (Å²) >= 11 is 0. The zero-order valence-corrected chi connectivity index (χ0v) is 16.0. The number of piperazine rings is 1. The van der Waals surface area contributed by atoms with Crippen molar-refractivity contribution in [2.75, 3.05) is 51.3 Å². The number of amides is 2. The molecule has 0 atom stereocenters. The fourth-order valence-corrected chi connectivity index (χ4v) is 3.13. The molecule has 2 aromatic rings. The summed E-state index contributed by atoms with van der Waals surface area (Å²) in [6, 6.07) is 10.0. The van der Waals surface area contributed by atoms with Crippen molar-refractivity contribution in [3.05, 3.63) is 54.0 Å². The molecule has 1 aliphatic rings. The Morgan fingerprint density at radius 2 is 1.89 bits per heavy atom. The third-order valence-corrected chi connectivity index (χ3v) is 4.74. The summed E-state index contributed by atoms with van der Waals surface area (Å²) in [6.45, 7) is 5.41. The first kappa shape index (κ1) is 19.9. The molecule has 2 heterocycles. The van der Waals surface area contributed by atoms with Crippen molar-refractivity contribution in [3.8, 4) is 5.88 Å². The van der Waals surface area contributed by atoms with Gasteiger partial charge in [0.25, 0.3) is 0 Å². The highest BCUT2D eigenvalue weighted by Gasteiger charge is 2.17.